The first-order valence-corrected chi connectivity index (χ1v) is 23.1. The van der Waals surface area contributed by atoms with E-state index < -0.39 is 51.8 Å². The average Bonchev–Trinajstić information content (AvgIpc) is 3.17. The minimum absolute atomic E-state index is 0.169. The molecule has 320 valence electrons. The van der Waals surface area contributed by atoms with E-state index in [4.69, 9.17) is 19.1 Å². The van der Waals surface area contributed by atoms with Crippen LogP contribution in [0.1, 0.15) is 181 Å². The molecule has 0 heterocycles. The number of aliphatic hydroxyl groups excluding tert-OH is 2. The van der Waals surface area contributed by atoms with Gasteiger partial charge in [0.15, 0.2) is 6.10 Å². The lowest BCUT2D eigenvalue weighted by Gasteiger charge is -2.20. The number of ether oxygens (including phenoxy) is 2. The van der Waals surface area contributed by atoms with Crippen LogP contribution in [0.2, 0.25) is 0 Å². The number of unbranched alkanes of at least 4 members (excludes halogenated alkanes) is 18. The summed E-state index contributed by atoms with van der Waals surface area (Å²) >= 11 is 0. The Labute approximate surface area is 334 Å². The average molecular weight is 799 g/mol. The number of hydrogen-bond acceptors (Lipinski definition) is 9. The molecule has 0 rings (SSSR count). The van der Waals surface area contributed by atoms with Crippen molar-refractivity contribution in [2.75, 3.05) is 26.4 Å². The summed E-state index contributed by atoms with van der Waals surface area (Å²) in [6, 6.07) is 0. The summed E-state index contributed by atoms with van der Waals surface area (Å²) in [6.45, 7) is 2.28. The molecular formula is C44H79O10P. The third kappa shape index (κ3) is 39.9. The molecule has 55 heavy (non-hydrogen) atoms. The number of hydrogen-bond donors (Lipinski definition) is 3. The van der Waals surface area contributed by atoms with E-state index in [2.05, 4.69) is 60.9 Å². The Morgan fingerprint density at radius 2 is 0.982 bits per heavy atom. The van der Waals surface area contributed by atoms with Crippen LogP contribution in [0, 0.1) is 0 Å². The zero-order valence-electron chi connectivity index (χ0n) is 34.6. The number of aliphatic hydroxyl groups is 2. The Balaban J connectivity index is 4.38. The van der Waals surface area contributed by atoms with Gasteiger partial charge < -0.3 is 24.6 Å². The van der Waals surface area contributed by atoms with Crippen molar-refractivity contribution in [3.63, 3.8) is 0 Å². The number of phosphoric acid groups is 1. The van der Waals surface area contributed by atoms with Crippen LogP contribution < -0.4 is 0 Å². The molecule has 0 bridgehead atoms. The summed E-state index contributed by atoms with van der Waals surface area (Å²) < 4.78 is 32.6. The monoisotopic (exact) mass is 799 g/mol. The van der Waals surface area contributed by atoms with Gasteiger partial charge in [-0.2, -0.15) is 0 Å². The largest absolute Gasteiger partial charge is 0.472 e. The third-order valence-corrected chi connectivity index (χ3v) is 9.91. The highest BCUT2D eigenvalue weighted by atomic mass is 31.2. The number of rotatable bonds is 40. The van der Waals surface area contributed by atoms with Crippen LogP contribution in [0.3, 0.4) is 0 Å². The predicted molar refractivity (Wildman–Crippen MR) is 224 cm³/mol. The molecule has 0 aromatic carbocycles. The van der Waals surface area contributed by atoms with Crippen LogP contribution in [-0.4, -0.2) is 65.7 Å². The van der Waals surface area contributed by atoms with Gasteiger partial charge in [-0.25, -0.2) is 4.57 Å². The van der Waals surface area contributed by atoms with Gasteiger partial charge in [-0.1, -0.05) is 152 Å². The Hall–Kier alpha value is -2.07. The second-order valence-corrected chi connectivity index (χ2v) is 15.8. The molecule has 3 N–H and O–H groups in total. The van der Waals surface area contributed by atoms with Gasteiger partial charge in [0, 0.05) is 12.8 Å². The van der Waals surface area contributed by atoms with E-state index in [9.17, 15) is 24.2 Å². The van der Waals surface area contributed by atoms with E-state index in [1.165, 1.54) is 96.3 Å². The molecule has 0 saturated carbocycles. The van der Waals surface area contributed by atoms with Crippen LogP contribution >= 0.6 is 7.82 Å². The summed E-state index contributed by atoms with van der Waals surface area (Å²) in [5.41, 5.74) is 0. The summed E-state index contributed by atoms with van der Waals surface area (Å²) in [5, 5.41) is 18.3. The molecule has 1 unspecified atom stereocenters. The van der Waals surface area contributed by atoms with Crippen LogP contribution in [0.15, 0.2) is 48.6 Å². The van der Waals surface area contributed by atoms with Gasteiger partial charge in [-0.3, -0.25) is 18.6 Å². The fraction of sp³-hybridized carbons (Fsp3) is 0.773. The Bertz CT molecular complexity index is 1060. The van der Waals surface area contributed by atoms with Crippen molar-refractivity contribution in [1.29, 1.82) is 0 Å². The van der Waals surface area contributed by atoms with Crippen LogP contribution in [0.25, 0.3) is 0 Å². The minimum atomic E-state index is -4.63. The molecule has 0 spiro atoms. The van der Waals surface area contributed by atoms with Crippen LogP contribution in [0.4, 0.5) is 0 Å². The Morgan fingerprint density at radius 1 is 0.545 bits per heavy atom. The highest BCUT2D eigenvalue weighted by Gasteiger charge is 2.27. The van der Waals surface area contributed by atoms with Crippen molar-refractivity contribution in [3.8, 4) is 0 Å². The van der Waals surface area contributed by atoms with Crippen molar-refractivity contribution >= 4 is 19.8 Å². The first kappa shape index (κ1) is 52.9. The number of carbonyl (C=O) groups is 2. The van der Waals surface area contributed by atoms with Gasteiger partial charge >= 0.3 is 19.8 Å². The molecule has 0 aliphatic carbocycles. The molecular weight excluding hydrogens is 719 g/mol. The number of esters is 2. The highest BCUT2D eigenvalue weighted by molar-refractivity contribution is 7.47. The van der Waals surface area contributed by atoms with Crippen molar-refractivity contribution in [3.05, 3.63) is 48.6 Å². The van der Waals surface area contributed by atoms with Gasteiger partial charge in [0.1, 0.15) is 12.7 Å². The van der Waals surface area contributed by atoms with Gasteiger partial charge in [0.2, 0.25) is 0 Å². The fourth-order valence-corrected chi connectivity index (χ4v) is 6.37. The summed E-state index contributed by atoms with van der Waals surface area (Å²) in [4.78, 5) is 34.9. The van der Waals surface area contributed by atoms with E-state index in [0.29, 0.717) is 19.3 Å². The lowest BCUT2D eigenvalue weighted by atomic mass is 10.1. The van der Waals surface area contributed by atoms with Gasteiger partial charge in [-0.05, 0) is 64.2 Å². The zero-order valence-corrected chi connectivity index (χ0v) is 35.5. The summed E-state index contributed by atoms with van der Waals surface area (Å²) in [5.74, 6) is -0.989. The van der Waals surface area contributed by atoms with Crippen LogP contribution in [-0.2, 0) is 32.7 Å². The molecule has 0 amide bonds. The van der Waals surface area contributed by atoms with E-state index in [1.54, 1.807) is 0 Å². The van der Waals surface area contributed by atoms with Crippen molar-refractivity contribution < 1.29 is 47.8 Å². The quantitative estimate of drug-likeness (QED) is 0.0237. The van der Waals surface area contributed by atoms with Gasteiger partial charge in [0.05, 0.1) is 19.8 Å². The molecule has 0 aromatic rings. The smallest absolute Gasteiger partial charge is 0.462 e. The maximum Gasteiger partial charge on any atom is 0.472 e. The fourth-order valence-electron chi connectivity index (χ4n) is 5.58. The molecule has 11 heteroatoms. The molecule has 3 atom stereocenters. The normalized spacial score (nSPS) is 14.3. The summed E-state index contributed by atoms with van der Waals surface area (Å²) in [7, 11) is -4.63. The van der Waals surface area contributed by atoms with Crippen molar-refractivity contribution in [2.45, 2.75) is 193 Å². The first-order valence-electron chi connectivity index (χ1n) is 21.6. The maximum absolute atomic E-state index is 12.6. The SMILES string of the molecule is CCCC/C=C/CCCCCCCCCCCC(=O)O[C@H](COC(=O)CCC/C=C/C/C=C/C/C=C/CCCCCCCC)COP(=O)(O)OC[C@@H](O)CO. The molecule has 0 fully saturated rings. The van der Waals surface area contributed by atoms with Crippen molar-refractivity contribution in [1.82, 2.24) is 0 Å². The topological polar surface area (TPSA) is 149 Å². The van der Waals surface area contributed by atoms with Crippen LogP contribution in [0.5, 0.6) is 0 Å². The molecule has 0 aliphatic heterocycles. The standard InChI is InChI=1S/C44H79O10P/c1-3-5-7-9-11-13-15-17-19-20-22-23-25-27-29-31-33-35-43(47)51-39-42(40-53-55(49,50)52-38-41(46)37-45)54-44(48)36-34-32-30-28-26-24-21-18-16-14-12-10-8-6-4-2/h10,12,17,19,22-23,27,29,41-42,45-46H,3-9,11,13-16,18,20-21,24-26,28,30-40H2,1-2H3,(H,49,50)/b12-10+,19-17+,23-22+,29-27+/t41-,42+/m0/s1. The van der Waals surface area contributed by atoms with E-state index in [-0.39, 0.29) is 19.4 Å². The van der Waals surface area contributed by atoms with Crippen molar-refractivity contribution in [2.24, 2.45) is 0 Å². The maximum atomic E-state index is 12.6. The number of carbonyl (C=O) groups excluding carboxylic acids is 2. The Morgan fingerprint density at radius 3 is 1.55 bits per heavy atom. The lowest BCUT2D eigenvalue weighted by molar-refractivity contribution is -0.161. The van der Waals surface area contributed by atoms with E-state index in [1.807, 2.05) is 6.08 Å². The summed E-state index contributed by atoms with van der Waals surface area (Å²) in [6.07, 6.45) is 42.2. The minimum Gasteiger partial charge on any atom is -0.462 e. The molecule has 0 aliphatic rings. The number of phosphoric ester groups is 1. The number of allylic oxidation sites excluding steroid dienone is 8. The third-order valence-electron chi connectivity index (χ3n) is 8.96. The second-order valence-electron chi connectivity index (χ2n) is 14.4. The molecule has 10 nitrogen and oxygen atoms in total. The molecule has 0 aromatic heterocycles. The molecule has 0 saturated heterocycles. The van der Waals surface area contributed by atoms with E-state index >= 15 is 0 Å². The second kappa shape index (κ2) is 40.1. The molecule has 0 radical (unpaired) electrons. The van der Waals surface area contributed by atoms with Gasteiger partial charge in [0.25, 0.3) is 0 Å². The Kier molecular flexibility index (Phi) is 38.6. The lowest BCUT2D eigenvalue weighted by Crippen LogP contribution is -2.29. The van der Waals surface area contributed by atoms with Gasteiger partial charge in [-0.15, -0.1) is 0 Å². The van der Waals surface area contributed by atoms with E-state index in [0.717, 1.165) is 38.5 Å². The highest BCUT2D eigenvalue weighted by Crippen LogP contribution is 2.43. The first-order chi connectivity index (χ1) is 26.7. The predicted octanol–water partition coefficient (Wildman–Crippen LogP) is 11.3. The zero-order chi connectivity index (χ0) is 40.5.